The molecule has 1 aliphatic heterocycles. The van der Waals surface area contributed by atoms with Gasteiger partial charge in [0.1, 0.15) is 0 Å². The number of carbonyl (C=O) groups is 3. The quantitative estimate of drug-likeness (QED) is 0.201. The molecule has 1 unspecified atom stereocenters. The minimum absolute atomic E-state index is 0.617. The molecule has 1 aliphatic rings. The van der Waals surface area contributed by atoms with Gasteiger partial charge in [0.25, 0.3) is 5.91 Å². The first-order chi connectivity index (χ1) is 5.09. The van der Waals surface area contributed by atoms with Crippen molar-refractivity contribution >= 4 is 18.0 Å². The van der Waals surface area contributed by atoms with E-state index in [1.54, 1.807) is 0 Å². The molecule has 0 aliphatic carbocycles. The summed E-state index contributed by atoms with van der Waals surface area (Å²) in [6.45, 7) is 0. The zero-order valence-corrected chi connectivity index (χ0v) is 5.38. The maximum Gasteiger partial charge on any atom is 0.323 e. The molecule has 5 amide bonds. The topological polar surface area (TPSA) is 113 Å². The third-order valence-corrected chi connectivity index (χ3v) is 1.06. The van der Waals surface area contributed by atoms with Crippen molar-refractivity contribution in [1.29, 1.82) is 0 Å². The van der Waals surface area contributed by atoms with Gasteiger partial charge in [-0.25, -0.2) is 9.59 Å². The Morgan fingerprint density at radius 2 is 2.18 bits per heavy atom. The Hall–Kier alpha value is -1.79. The van der Waals surface area contributed by atoms with E-state index in [9.17, 15) is 14.4 Å². The van der Waals surface area contributed by atoms with E-state index in [-0.39, 0.29) is 0 Å². The van der Waals surface area contributed by atoms with Crippen LogP contribution in [0.4, 0.5) is 9.59 Å². The molecule has 0 bridgehead atoms. The van der Waals surface area contributed by atoms with Crippen molar-refractivity contribution in [3.05, 3.63) is 0 Å². The minimum atomic E-state index is -1.04. The summed E-state index contributed by atoms with van der Waals surface area (Å²) in [6, 6.07) is -1.51. The van der Waals surface area contributed by atoms with Crippen LogP contribution in [0.2, 0.25) is 0 Å². The van der Waals surface area contributed by atoms with Crippen LogP contribution in [0.15, 0.2) is 0 Å². The molecular formula is C4H6N4O3. The molecule has 1 fully saturated rings. The van der Waals surface area contributed by atoms with Crippen LogP contribution < -0.4 is 21.7 Å². The molecule has 60 valence electrons. The first-order valence-electron chi connectivity index (χ1n) is 2.77. The van der Waals surface area contributed by atoms with Gasteiger partial charge in [-0.05, 0) is 0 Å². The number of nitrogens with two attached hydrogens (primary N) is 1. The highest BCUT2D eigenvalue weighted by Crippen LogP contribution is 1.86. The lowest BCUT2D eigenvalue weighted by atomic mass is 11.0. The number of imide groups is 1. The smallest absolute Gasteiger partial charge is 0.323 e. The van der Waals surface area contributed by atoms with Crippen molar-refractivity contribution in [3.63, 3.8) is 0 Å². The van der Waals surface area contributed by atoms with Gasteiger partial charge in [-0.3, -0.25) is 10.1 Å². The number of urea groups is 2. The number of carbonyl (C=O) groups excluding carboxylic acids is 3. The van der Waals surface area contributed by atoms with Crippen molar-refractivity contribution in [3.8, 4) is 0 Å². The van der Waals surface area contributed by atoms with Gasteiger partial charge in [-0.2, -0.15) is 0 Å². The van der Waals surface area contributed by atoms with Gasteiger partial charge in [-0.15, -0.1) is 0 Å². The molecule has 0 radical (unpaired) electrons. The maximum atomic E-state index is 10.7. The number of primary amides is 1. The fourth-order valence-corrected chi connectivity index (χ4v) is 0.661. The van der Waals surface area contributed by atoms with Crippen molar-refractivity contribution in [1.82, 2.24) is 16.0 Å². The summed E-state index contributed by atoms with van der Waals surface area (Å²) < 4.78 is 0. The van der Waals surface area contributed by atoms with Crippen LogP contribution >= 0.6 is 0 Å². The standard InChI is InChI=1S/C4H6N4O3/c5-3(10)6-1-2(9)8-4(11)7-1/h1H,(H3,5,6,10)(H2,7,8,9,11)/i1+1,4+1,5+1,6+1,7+1,8+1. The number of nitrogens with one attached hydrogen (secondary N) is 3. The monoisotopic (exact) mass is 164 g/mol. The third kappa shape index (κ3) is 1.57. The van der Waals surface area contributed by atoms with Crippen LogP contribution in [0.1, 0.15) is 0 Å². The van der Waals surface area contributed by atoms with E-state index < -0.39 is 24.1 Å². The summed E-state index contributed by atoms with van der Waals surface area (Å²) in [5.41, 5.74) is 4.70. The summed E-state index contributed by atoms with van der Waals surface area (Å²) in [5, 5.41) is 6.05. The molecular weight excluding hydrogens is 158 g/mol. The predicted octanol–water partition coefficient (Wildman–Crippen LogP) is -2.18. The van der Waals surface area contributed by atoms with E-state index in [0.717, 1.165) is 0 Å². The van der Waals surface area contributed by atoms with Gasteiger partial charge < -0.3 is 16.4 Å². The van der Waals surface area contributed by atoms with Crippen LogP contribution in [0.25, 0.3) is 0 Å². The Kier molecular flexibility index (Phi) is 1.63. The lowest BCUT2D eigenvalue weighted by molar-refractivity contribution is -0.120. The van der Waals surface area contributed by atoms with Crippen LogP contribution in [0, 0.1) is 0 Å². The summed E-state index contributed by atoms with van der Waals surface area (Å²) >= 11 is 0. The number of rotatable bonds is 1. The molecule has 11 heavy (non-hydrogen) atoms. The Balaban J connectivity index is 2.53. The molecule has 0 aromatic rings. The first kappa shape index (κ1) is 7.32. The lowest BCUT2D eigenvalue weighted by Crippen LogP contribution is -2.48. The van der Waals surface area contributed by atoms with Crippen LogP contribution in [-0.2, 0) is 4.79 Å². The Morgan fingerprint density at radius 3 is 2.55 bits per heavy atom. The van der Waals surface area contributed by atoms with Crippen LogP contribution in [0.3, 0.4) is 0 Å². The fourth-order valence-electron chi connectivity index (χ4n) is 0.661. The van der Waals surface area contributed by atoms with E-state index in [0.29, 0.717) is 0 Å². The van der Waals surface area contributed by atoms with Gasteiger partial charge >= 0.3 is 12.1 Å². The summed E-state index contributed by atoms with van der Waals surface area (Å²) in [5.74, 6) is -0.617. The molecule has 7 heteroatoms. The van der Waals surface area contributed by atoms with Gasteiger partial charge in [0.05, 0.1) is 0 Å². The Labute approximate surface area is 61.3 Å². The first-order valence-corrected chi connectivity index (χ1v) is 2.77. The van der Waals surface area contributed by atoms with Crippen molar-refractivity contribution in [2.75, 3.05) is 0 Å². The minimum Gasteiger partial charge on any atom is -0.352 e. The molecule has 1 rings (SSSR count). The van der Waals surface area contributed by atoms with Crippen molar-refractivity contribution in [2.45, 2.75) is 6.17 Å². The van der Waals surface area contributed by atoms with E-state index >= 15 is 0 Å². The van der Waals surface area contributed by atoms with Gasteiger partial charge in [-0.1, -0.05) is 0 Å². The second-order valence-electron chi connectivity index (χ2n) is 1.90. The molecule has 7 nitrogen and oxygen atoms in total. The fraction of sp³-hybridized carbons (Fsp3) is 0.250. The molecule has 1 atom stereocenters. The third-order valence-electron chi connectivity index (χ3n) is 1.06. The summed E-state index contributed by atoms with van der Waals surface area (Å²) in [7, 11) is 0. The molecule has 0 spiro atoms. The molecule has 0 aromatic heterocycles. The SMILES string of the molecule is [15NH2]C(=O)[15NH][13CH]1[15NH][13C](=O)[15NH]C1=O. The highest BCUT2D eigenvalue weighted by atomic mass is 16.4. The molecule has 1 saturated heterocycles. The van der Waals surface area contributed by atoms with Gasteiger partial charge in [0, 0.05) is 0 Å². The van der Waals surface area contributed by atoms with Crippen LogP contribution in [0.5, 0.6) is 0 Å². The zero-order valence-electron chi connectivity index (χ0n) is 5.38. The van der Waals surface area contributed by atoms with Gasteiger partial charge in [0.15, 0.2) is 6.17 Å². The summed E-state index contributed by atoms with van der Waals surface area (Å²) in [6.07, 6.45) is -1.04. The van der Waals surface area contributed by atoms with E-state index in [1.807, 2.05) is 10.6 Å². The van der Waals surface area contributed by atoms with E-state index in [1.165, 1.54) is 0 Å². The normalized spacial score (nSPS) is 22.4. The second kappa shape index (κ2) is 2.45. The maximum absolute atomic E-state index is 10.7. The second-order valence-corrected chi connectivity index (χ2v) is 1.90. The van der Waals surface area contributed by atoms with Crippen molar-refractivity contribution in [2.24, 2.45) is 5.73 Å². The zero-order chi connectivity index (χ0) is 8.43. The predicted molar refractivity (Wildman–Crippen MR) is 33.2 cm³/mol. The summed E-state index contributed by atoms with van der Waals surface area (Å²) in [4.78, 5) is 31.3. The molecule has 5 N–H and O–H groups in total. The Bertz CT molecular complexity index is 225. The van der Waals surface area contributed by atoms with Gasteiger partial charge in [0.2, 0.25) is 0 Å². The van der Waals surface area contributed by atoms with E-state index in [4.69, 9.17) is 5.73 Å². The largest absolute Gasteiger partial charge is 0.352 e. The molecule has 0 saturated carbocycles. The number of hydrogen-bond donors (Lipinski definition) is 4. The molecule has 0 aromatic carbocycles. The highest BCUT2D eigenvalue weighted by molar-refractivity contribution is 6.05. The number of amides is 5. The van der Waals surface area contributed by atoms with Crippen molar-refractivity contribution < 1.29 is 14.4 Å². The number of hydrogen-bond acceptors (Lipinski definition) is 3. The average molecular weight is 164 g/mol. The Morgan fingerprint density at radius 1 is 1.55 bits per heavy atom. The molecule has 1 heterocycles. The highest BCUT2D eigenvalue weighted by Gasteiger charge is 2.29. The van der Waals surface area contributed by atoms with Crippen LogP contribution in [-0.4, -0.2) is 24.1 Å². The van der Waals surface area contributed by atoms with E-state index in [2.05, 4.69) is 5.32 Å². The average Bonchev–Trinajstić information content (AvgIpc) is 2.09. The lowest BCUT2D eigenvalue weighted by Gasteiger charge is -2.05.